The van der Waals surface area contributed by atoms with Gasteiger partial charge in [0.2, 0.25) is 0 Å². The lowest BCUT2D eigenvalue weighted by Gasteiger charge is -2.10. The number of ether oxygens (including phenoxy) is 1. The lowest BCUT2D eigenvalue weighted by atomic mass is 10.1. The van der Waals surface area contributed by atoms with E-state index in [1.54, 1.807) is 41.8 Å². The van der Waals surface area contributed by atoms with Crippen LogP contribution in [0.25, 0.3) is 21.0 Å². The average Bonchev–Trinajstić information content (AvgIpc) is 3.06. The maximum atomic E-state index is 12.8. The van der Waals surface area contributed by atoms with Gasteiger partial charge in [0.25, 0.3) is 5.91 Å². The first-order valence-corrected chi connectivity index (χ1v) is 11.0. The number of phenols is 1. The highest BCUT2D eigenvalue weighted by Crippen LogP contribution is 2.36. The summed E-state index contributed by atoms with van der Waals surface area (Å²) in [5, 5.41) is 14.5. The Morgan fingerprint density at radius 2 is 1.97 bits per heavy atom. The molecular formula is C24H25N3O3S. The highest BCUT2D eigenvalue weighted by molar-refractivity contribution is 7.19. The van der Waals surface area contributed by atoms with E-state index in [4.69, 9.17) is 4.74 Å². The molecule has 0 aliphatic rings. The summed E-state index contributed by atoms with van der Waals surface area (Å²) in [5.41, 5.74) is 1.40. The van der Waals surface area contributed by atoms with E-state index in [0.29, 0.717) is 23.6 Å². The number of aromatic hydroxyl groups is 1. The summed E-state index contributed by atoms with van der Waals surface area (Å²) in [6.45, 7) is 3.57. The maximum absolute atomic E-state index is 12.8. The van der Waals surface area contributed by atoms with E-state index in [-0.39, 0.29) is 11.7 Å². The van der Waals surface area contributed by atoms with Crippen LogP contribution in [0.1, 0.15) is 21.7 Å². The number of carbonyl (C=O) groups excluding carboxylic acids is 1. The van der Waals surface area contributed by atoms with Crippen LogP contribution in [0.3, 0.4) is 0 Å². The molecule has 0 radical (unpaired) electrons. The molecule has 0 fully saturated rings. The molecule has 2 aromatic heterocycles. The van der Waals surface area contributed by atoms with Crippen LogP contribution in [-0.4, -0.2) is 48.1 Å². The molecule has 2 heterocycles. The number of fused-ring (bicyclic) bond motifs is 2. The van der Waals surface area contributed by atoms with Crippen LogP contribution in [0.5, 0.6) is 17.2 Å². The summed E-state index contributed by atoms with van der Waals surface area (Å²) >= 11 is 1.59. The fourth-order valence-electron chi connectivity index (χ4n) is 3.56. The average molecular weight is 436 g/mol. The molecule has 0 atom stereocenters. The minimum Gasteiger partial charge on any atom is -0.508 e. The number of nitrogens with zero attached hydrogens (tertiary/aromatic N) is 2. The molecular weight excluding hydrogens is 410 g/mol. The van der Waals surface area contributed by atoms with Gasteiger partial charge in [-0.1, -0.05) is 0 Å². The predicted molar refractivity (Wildman–Crippen MR) is 126 cm³/mol. The van der Waals surface area contributed by atoms with Crippen molar-refractivity contribution in [3.63, 3.8) is 0 Å². The van der Waals surface area contributed by atoms with E-state index in [9.17, 15) is 9.90 Å². The summed E-state index contributed by atoms with van der Waals surface area (Å²) < 4.78 is 7.14. The summed E-state index contributed by atoms with van der Waals surface area (Å²) in [6.07, 6.45) is 2.57. The molecule has 0 spiro atoms. The first-order valence-electron chi connectivity index (χ1n) is 10.1. The minimum absolute atomic E-state index is 0.0314. The van der Waals surface area contributed by atoms with Crippen molar-refractivity contribution >= 4 is 38.2 Å². The number of aryl methyl sites for hydroxylation is 1. The van der Waals surface area contributed by atoms with Crippen LogP contribution in [0.2, 0.25) is 0 Å². The molecule has 4 aromatic rings. The van der Waals surface area contributed by atoms with Gasteiger partial charge in [-0.3, -0.25) is 9.78 Å². The summed E-state index contributed by atoms with van der Waals surface area (Å²) in [4.78, 5) is 20.1. The largest absolute Gasteiger partial charge is 0.508 e. The summed E-state index contributed by atoms with van der Waals surface area (Å²) in [5.74, 6) is 1.49. The molecule has 160 valence electrons. The number of aromatic nitrogens is 1. The molecule has 0 saturated carbocycles. The Hall–Kier alpha value is -3.16. The van der Waals surface area contributed by atoms with Crippen molar-refractivity contribution in [3.05, 3.63) is 59.1 Å². The number of nitrogens with one attached hydrogen (secondary N) is 1. The molecule has 0 saturated heterocycles. The third kappa shape index (κ3) is 4.62. The van der Waals surface area contributed by atoms with E-state index in [1.165, 1.54) is 0 Å². The normalized spacial score (nSPS) is 11.4. The van der Waals surface area contributed by atoms with Gasteiger partial charge in [0.15, 0.2) is 0 Å². The molecule has 0 unspecified atom stereocenters. The zero-order chi connectivity index (χ0) is 22.0. The SMILES string of the molecule is Cc1sc2cc(Oc3ccnc4cc(O)ccc34)ccc2c1C(=O)NCCCN(C)C. The lowest BCUT2D eigenvalue weighted by molar-refractivity contribution is 0.0954. The van der Waals surface area contributed by atoms with E-state index in [1.807, 2.05) is 39.2 Å². The van der Waals surface area contributed by atoms with E-state index in [2.05, 4.69) is 15.2 Å². The van der Waals surface area contributed by atoms with Crippen LogP contribution in [0, 0.1) is 6.92 Å². The lowest BCUT2D eigenvalue weighted by Crippen LogP contribution is -2.27. The number of hydrogen-bond donors (Lipinski definition) is 2. The van der Waals surface area contributed by atoms with E-state index < -0.39 is 0 Å². The van der Waals surface area contributed by atoms with Gasteiger partial charge in [0.1, 0.15) is 17.2 Å². The van der Waals surface area contributed by atoms with Gasteiger partial charge in [0.05, 0.1) is 11.1 Å². The molecule has 1 amide bonds. The monoisotopic (exact) mass is 435 g/mol. The van der Waals surface area contributed by atoms with Gasteiger partial charge in [-0.2, -0.15) is 0 Å². The first-order chi connectivity index (χ1) is 14.9. The minimum atomic E-state index is -0.0314. The van der Waals surface area contributed by atoms with Gasteiger partial charge in [0, 0.05) is 39.2 Å². The van der Waals surface area contributed by atoms with Gasteiger partial charge < -0.3 is 20.1 Å². The Morgan fingerprint density at radius 1 is 1.16 bits per heavy atom. The number of amides is 1. The third-order valence-corrected chi connectivity index (χ3v) is 6.11. The van der Waals surface area contributed by atoms with Crippen LogP contribution in [-0.2, 0) is 0 Å². The van der Waals surface area contributed by atoms with Crippen molar-refractivity contribution in [1.29, 1.82) is 0 Å². The zero-order valence-electron chi connectivity index (χ0n) is 17.8. The quantitative estimate of drug-likeness (QED) is 0.402. The smallest absolute Gasteiger partial charge is 0.253 e. The standard InChI is InChI=1S/C24H25N3O3S/c1-15-23(24(29)26-10-4-12-27(2)3)19-8-6-17(14-22(19)31-15)30-21-9-11-25-20-13-16(28)5-7-18(20)21/h5-9,11,13-14,28H,4,10,12H2,1-3H3,(H,26,29). The fraction of sp³-hybridized carbons (Fsp3) is 0.250. The van der Waals surface area contributed by atoms with Crippen molar-refractivity contribution in [2.24, 2.45) is 0 Å². The Balaban J connectivity index is 1.57. The van der Waals surface area contributed by atoms with Gasteiger partial charge in [-0.15, -0.1) is 11.3 Å². The Bertz CT molecular complexity index is 1250. The van der Waals surface area contributed by atoms with Crippen molar-refractivity contribution in [2.75, 3.05) is 27.2 Å². The molecule has 0 aliphatic heterocycles. The maximum Gasteiger partial charge on any atom is 0.253 e. The number of phenolic OH excluding ortho intramolecular Hbond substituents is 1. The molecule has 4 rings (SSSR count). The van der Waals surface area contributed by atoms with Crippen LogP contribution in [0.15, 0.2) is 48.7 Å². The van der Waals surface area contributed by atoms with Crippen LogP contribution in [0.4, 0.5) is 0 Å². The highest BCUT2D eigenvalue weighted by Gasteiger charge is 2.17. The van der Waals surface area contributed by atoms with Crippen LogP contribution >= 0.6 is 11.3 Å². The van der Waals surface area contributed by atoms with Crippen molar-refractivity contribution in [3.8, 4) is 17.2 Å². The Labute approximate surface area is 185 Å². The molecule has 31 heavy (non-hydrogen) atoms. The molecule has 0 bridgehead atoms. The summed E-state index contributed by atoms with van der Waals surface area (Å²) in [7, 11) is 4.05. The molecule has 6 nitrogen and oxygen atoms in total. The van der Waals surface area contributed by atoms with Gasteiger partial charge >= 0.3 is 0 Å². The number of rotatable bonds is 7. The van der Waals surface area contributed by atoms with Crippen molar-refractivity contribution in [2.45, 2.75) is 13.3 Å². The first kappa shape index (κ1) is 21.1. The number of benzene rings is 2. The second-order valence-corrected chi connectivity index (χ2v) is 8.97. The Morgan fingerprint density at radius 3 is 2.77 bits per heavy atom. The molecule has 2 aromatic carbocycles. The van der Waals surface area contributed by atoms with Crippen molar-refractivity contribution < 1.29 is 14.6 Å². The fourth-order valence-corrected chi connectivity index (χ4v) is 4.65. The van der Waals surface area contributed by atoms with Crippen molar-refractivity contribution in [1.82, 2.24) is 15.2 Å². The topological polar surface area (TPSA) is 74.7 Å². The van der Waals surface area contributed by atoms with Gasteiger partial charge in [-0.25, -0.2) is 0 Å². The highest BCUT2D eigenvalue weighted by atomic mass is 32.1. The van der Waals surface area contributed by atoms with E-state index in [0.717, 1.165) is 38.9 Å². The number of thiophene rings is 1. The number of pyridine rings is 1. The second-order valence-electron chi connectivity index (χ2n) is 7.72. The zero-order valence-corrected chi connectivity index (χ0v) is 18.6. The number of hydrogen-bond acceptors (Lipinski definition) is 6. The third-order valence-electron chi connectivity index (χ3n) is 5.05. The van der Waals surface area contributed by atoms with Crippen LogP contribution < -0.4 is 10.1 Å². The summed E-state index contributed by atoms with van der Waals surface area (Å²) in [6, 6.07) is 12.6. The second kappa shape index (κ2) is 8.91. The predicted octanol–water partition coefficient (Wildman–Crippen LogP) is 4.94. The molecule has 7 heteroatoms. The molecule has 2 N–H and O–H groups in total. The van der Waals surface area contributed by atoms with Gasteiger partial charge in [-0.05, 0) is 70.4 Å². The Kier molecular flexibility index (Phi) is 6.06. The van der Waals surface area contributed by atoms with E-state index >= 15 is 0 Å². The molecule has 0 aliphatic carbocycles. The number of carbonyl (C=O) groups is 1.